The van der Waals surface area contributed by atoms with Gasteiger partial charge in [0.25, 0.3) is 0 Å². The number of carbonyl (C=O) groups is 3. The van der Waals surface area contributed by atoms with E-state index >= 15 is 0 Å². The lowest BCUT2D eigenvalue weighted by molar-refractivity contribution is -0.137. The molecule has 0 spiro atoms. The molecular weight excluding hydrogens is 274 g/mol. The molecule has 0 unspecified atom stereocenters. The molecule has 122 valence electrons. The van der Waals surface area contributed by atoms with Gasteiger partial charge in [-0.25, -0.2) is 4.79 Å². The highest BCUT2D eigenvalue weighted by Crippen LogP contribution is 2.11. The van der Waals surface area contributed by atoms with Crippen molar-refractivity contribution in [2.45, 2.75) is 46.1 Å². The minimum Gasteiger partial charge on any atom is -0.481 e. The molecule has 0 atom stereocenters. The Morgan fingerprint density at radius 3 is 2.29 bits per heavy atom. The van der Waals surface area contributed by atoms with Gasteiger partial charge in [0.1, 0.15) is 6.54 Å². The Bertz CT molecular complexity index is 380. The van der Waals surface area contributed by atoms with Gasteiger partial charge in [-0.3, -0.25) is 9.59 Å². The Hall–Kier alpha value is -1.79. The van der Waals surface area contributed by atoms with E-state index in [0.717, 1.165) is 0 Å². The number of nitrogens with one attached hydrogen (secondary N) is 2. The summed E-state index contributed by atoms with van der Waals surface area (Å²) in [7, 11) is 1.53. The predicted molar refractivity (Wildman–Crippen MR) is 80.0 cm³/mol. The van der Waals surface area contributed by atoms with Crippen molar-refractivity contribution in [3.05, 3.63) is 0 Å². The van der Waals surface area contributed by atoms with E-state index in [2.05, 4.69) is 10.6 Å². The van der Waals surface area contributed by atoms with Crippen molar-refractivity contribution in [2.75, 3.05) is 20.1 Å². The largest absolute Gasteiger partial charge is 0.481 e. The molecule has 0 saturated heterocycles. The van der Waals surface area contributed by atoms with Crippen LogP contribution in [0.1, 0.15) is 40.5 Å². The average Bonchev–Trinajstić information content (AvgIpc) is 2.33. The van der Waals surface area contributed by atoms with Gasteiger partial charge in [-0.05, 0) is 26.2 Å². The van der Waals surface area contributed by atoms with E-state index < -0.39 is 17.5 Å². The molecule has 0 heterocycles. The number of nitrogens with zero attached hydrogens (tertiary/aromatic N) is 1. The van der Waals surface area contributed by atoms with Crippen LogP contribution in [-0.2, 0) is 9.59 Å². The fraction of sp³-hybridized carbons (Fsp3) is 0.786. The fourth-order valence-corrected chi connectivity index (χ4v) is 1.53. The Morgan fingerprint density at radius 1 is 1.24 bits per heavy atom. The normalized spacial score (nSPS) is 11.1. The number of amides is 3. The molecule has 0 radical (unpaired) electrons. The van der Waals surface area contributed by atoms with Crippen LogP contribution in [0.3, 0.4) is 0 Å². The van der Waals surface area contributed by atoms with Gasteiger partial charge in [0, 0.05) is 25.6 Å². The molecule has 3 N–H and O–H groups in total. The molecule has 0 bridgehead atoms. The lowest BCUT2D eigenvalue weighted by Gasteiger charge is -2.28. The molecule has 0 aromatic heterocycles. The zero-order chi connectivity index (χ0) is 16.6. The molecule has 7 nitrogen and oxygen atoms in total. The molecule has 0 saturated carbocycles. The Kier molecular flexibility index (Phi) is 7.76. The molecular formula is C14H27N3O4. The van der Waals surface area contributed by atoms with Crippen molar-refractivity contribution in [1.82, 2.24) is 15.5 Å². The third-order valence-electron chi connectivity index (χ3n) is 2.84. The summed E-state index contributed by atoms with van der Waals surface area (Å²) in [6.07, 6.45) is 0.299. The summed E-state index contributed by atoms with van der Waals surface area (Å²) in [6, 6.07) is -0.398. The first-order chi connectivity index (χ1) is 9.53. The predicted octanol–water partition coefficient (Wildman–Crippen LogP) is 1.04. The van der Waals surface area contributed by atoms with Crippen LogP contribution in [0.15, 0.2) is 0 Å². The zero-order valence-electron chi connectivity index (χ0n) is 13.5. The van der Waals surface area contributed by atoms with E-state index in [1.807, 2.05) is 13.8 Å². The minimum atomic E-state index is -0.904. The van der Waals surface area contributed by atoms with E-state index in [-0.39, 0.29) is 18.9 Å². The van der Waals surface area contributed by atoms with E-state index in [1.165, 1.54) is 11.9 Å². The molecule has 0 fully saturated rings. The lowest BCUT2D eigenvalue weighted by Crippen LogP contribution is -2.51. The molecule has 21 heavy (non-hydrogen) atoms. The van der Waals surface area contributed by atoms with Gasteiger partial charge in [-0.2, -0.15) is 0 Å². The SMILES string of the molecule is CC(C)CNC(=O)CN(C)C(=O)NC(C)(C)CCC(=O)O. The Morgan fingerprint density at radius 2 is 1.81 bits per heavy atom. The summed E-state index contributed by atoms with van der Waals surface area (Å²) < 4.78 is 0. The van der Waals surface area contributed by atoms with Crippen LogP contribution in [0.5, 0.6) is 0 Å². The highest BCUT2D eigenvalue weighted by Gasteiger charge is 2.24. The maximum absolute atomic E-state index is 12.0. The van der Waals surface area contributed by atoms with Gasteiger partial charge in [0.05, 0.1) is 0 Å². The van der Waals surface area contributed by atoms with Crippen LogP contribution in [0.2, 0.25) is 0 Å². The second-order valence-electron chi connectivity index (χ2n) is 6.26. The molecule has 3 amide bonds. The first-order valence-electron chi connectivity index (χ1n) is 7.05. The Balaban J connectivity index is 4.25. The number of likely N-dealkylation sites (N-methyl/N-ethyl adjacent to an activating group) is 1. The third kappa shape index (κ3) is 9.70. The van der Waals surface area contributed by atoms with Gasteiger partial charge in [-0.1, -0.05) is 13.8 Å². The van der Waals surface area contributed by atoms with Crippen LogP contribution in [0.25, 0.3) is 0 Å². The van der Waals surface area contributed by atoms with Crippen molar-refractivity contribution in [2.24, 2.45) is 5.92 Å². The van der Waals surface area contributed by atoms with Crippen molar-refractivity contribution in [3.63, 3.8) is 0 Å². The lowest BCUT2D eigenvalue weighted by atomic mass is 9.99. The average molecular weight is 301 g/mol. The number of carbonyl (C=O) groups excluding carboxylic acids is 2. The number of hydrogen-bond acceptors (Lipinski definition) is 3. The maximum Gasteiger partial charge on any atom is 0.318 e. The number of carboxylic acid groups (broad SMARTS) is 1. The molecule has 0 aliphatic carbocycles. The molecule has 0 aliphatic rings. The number of carboxylic acids is 1. The van der Waals surface area contributed by atoms with E-state index in [4.69, 9.17) is 5.11 Å². The number of urea groups is 1. The monoisotopic (exact) mass is 301 g/mol. The molecule has 0 aromatic rings. The maximum atomic E-state index is 12.0. The summed E-state index contributed by atoms with van der Waals surface area (Å²) in [5.41, 5.74) is -0.641. The van der Waals surface area contributed by atoms with Crippen LogP contribution >= 0.6 is 0 Å². The summed E-state index contributed by atoms with van der Waals surface area (Å²) >= 11 is 0. The van der Waals surface area contributed by atoms with Crippen LogP contribution in [0.4, 0.5) is 4.79 Å². The van der Waals surface area contributed by atoms with Crippen molar-refractivity contribution in [1.29, 1.82) is 0 Å². The summed E-state index contributed by atoms with van der Waals surface area (Å²) in [6.45, 7) is 8.01. The molecule has 0 aromatic carbocycles. The second-order valence-corrected chi connectivity index (χ2v) is 6.26. The first-order valence-corrected chi connectivity index (χ1v) is 7.05. The number of aliphatic carboxylic acids is 1. The number of hydrogen-bond donors (Lipinski definition) is 3. The van der Waals surface area contributed by atoms with Crippen LogP contribution in [0, 0.1) is 5.92 Å². The van der Waals surface area contributed by atoms with Crippen molar-refractivity contribution in [3.8, 4) is 0 Å². The first kappa shape index (κ1) is 19.2. The van der Waals surface area contributed by atoms with Gasteiger partial charge in [0.2, 0.25) is 5.91 Å². The highest BCUT2D eigenvalue weighted by atomic mass is 16.4. The quantitative estimate of drug-likeness (QED) is 0.624. The fourth-order valence-electron chi connectivity index (χ4n) is 1.53. The third-order valence-corrected chi connectivity index (χ3v) is 2.84. The van der Waals surface area contributed by atoms with Gasteiger partial charge in [-0.15, -0.1) is 0 Å². The summed E-state index contributed by atoms with van der Waals surface area (Å²) in [5.74, 6) is -0.772. The zero-order valence-corrected chi connectivity index (χ0v) is 13.5. The summed E-state index contributed by atoms with van der Waals surface area (Å²) in [5, 5.41) is 14.1. The van der Waals surface area contributed by atoms with E-state index in [9.17, 15) is 14.4 Å². The minimum absolute atomic E-state index is 0.0220. The van der Waals surface area contributed by atoms with Crippen LogP contribution in [-0.4, -0.2) is 53.6 Å². The van der Waals surface area contributed by atoms with Gasteiger partial charge < -0.3 is 20.6 Å². The molecule has 0 aliphatic heterocycles. The number of rotatable bonds is 8. The smallest absolute Gasteiger partial charge is 0.318 e. The van der Waals surface area contributed by atoms with Gasteiger partial charge >= 0.3 is 12.0 Å². The topological polar surface area (TPSA) is 98.7 Å². The molecule has 0 rings (SSSR count). The van der Waals surface area contributed by atoms with Crippen LogP contribution < -0.4 is 10.6 Å². The Labute approximate surface area is 126 Å². The van der Waals surface area contributed by atoms with Crippen molar-refractivity contribution >= 4 is 17.9 Å². The van der Waals surface area contributed by atoms with E-state index in [0.29, 0.717) is 18.9 Å². The second kappa shape index (κ2) is 8.49. The van der Waals surface area contributed by atoms with E-state index in [1.54, 1.807) is 13.8 Å². The standard InChI is InChI=1S/C14H27N3O4/c1-10(2)8-15-11(18)9-17(5)13(21)16-14(3,4)7-6-12(19)20/h10H,6-9H2,1-5H3,(H,15,18)(H,16,21)(H,19,20). The highest BCUT2D eigenvalue weighted by molar-refractivity contribution is 5.84. The summed E-state index contributed by atoms with van der Waals surface area (Å²) in [4.78, 5) is 35.4. The molecule has 7 heteroatoms. The van der Waals surface area contributed by atoms with Crippen molar-refractivity contribution < 1.29 is 19.5 Å². The van der Waals surface area contributed by atoms with Gasteiger partial charge in [0.15, 0.2) is 0 Å².